The summed E-state index contributed by atoms with van der Waals surface area (Å²) in [7, 11) is 2.95. The summed E-state index contributed by atoms with van der Waals surface area (Å²) in [5, 5.41) is 9.56. The third-order valence-electron chi connectivity index (χ3n) is 4.76. The van der Waals surface area contributed by atoms with E-state index < -0.39 is 5.97 Å². The lowest BCUT2D eigenvalue weighted by Crippen LogP contribution is -2.00. The smallest absolute Gasteiger partial charge is 0.373 e. The lowest BCUT2D eigenvalue weighted by atomic mass is 10.2. The minimum absolute atomic E-state index is 0.165. The summed E-state index contributed by atoms with van der Waals surface area (Å²) < 4.78 is 23.2. The number of esters is 1. The molecule has 0 aliphatic carbocycles. The summed E-state index contributed by atoms with van der Waals surface area (Å²) in [6, 6.07) is 18.8. The van der Waals surface area contributed by atoms with Crippen molar-refractivity contribution in [2.75, 3.05) is 20.8 Å². The maximum absolute atomic E-state index is 11.7. The quantitative estimate of drug-likeness (QED) is 0.252. The molecular formula is C24H23N3O5S. The molecule has 0 saturated heterocycles. The Bertz CT molecular complexity index is 1230. The van der Waals surface area contributed by atoms with Crippen LogP contribution in [0.1, 0.15) is 23.2 Å². The Morgan fingerprint density at radius 1 is 1.03 bits per heavy atom. The van der Waals surface area contributed by atoms with E-state index in [9.17, 15) is 4.79 Å². The Kier molecular flexibility index (Phi) is 6.99. The average molecular weight is 466 g/mol. The van der Waals surface area contributed by atoms with Crippen molar-refractivity contribution in [1.29, 1.82) is 0 Å². The van der Waals surface area contributed by atoms with Gasteiger partial charge in [-0.15, -0.1) is 10.2 Å². The van der Waals surface area contributed by atoms with Gasteiger partial charge in [-0.05, 0) is 55.5 Å². The Balaban J connectivity index is 1.68. The Hall–Kier alpha value is -3.72. The van der Waals surface area contributed by atoms with Gasteiger partial charge in [-0.1, -0.05) is 23.9 Å². The van der Waals surface area contributed by atoms with Gasteiger partial charge < -0.3 is 18.6 Å². The zero-order chi connectivity index (χ0) is 23.2. The van der Waals surface area contributed by atoms with Crippen molar-refractivity contribution in [2.24, 2.45) is 0 Å². The highest BCUT2D eigenvalue weighted by atomic mass is 32.2. The first kappa shape index (κ1) is 22.5. The highest BCUT2D eigenvalue weighted by molar-refractivity contribution is 7.98. The van der Waals surface area contributed by atoms with Crippen LogP contribution in [0.5, 0.6) is 11.5 Å². The Labute approximate surface area is 195 Å². The summed E-state index contributed by atoms with van der Waals surface area (Å²) >= 11 is 1.45. The van der Waals surface area contributed by atoms with E-state index in [0.29, 0.717) is 29.1 Å². The molecular weight excluding hydrogens is 442 g/mol. The van der Waals surface area contributed by atoms with Gasteiger partial charge in [0.15, 0.2) is 11.0 Å². The minimum atomic E-state index is -0.510. The molecule has 170 valence electrons. The first-order valence-electron chi connectivity index (χ1n) is 10.3. The van der Waals surface area contributed by atoms with Gasteiger partial charge in [-0.25, -0.2) is 4.79 Å². The van der Waals surface area contributed by atoms with Crippen molar-refractivity contribution in [1.82, 2.24) is 14.8 Å². The number of benzene rings is 2. The molecule has 0 N–H and O–H groups in total. The van der Waals surface area contributed by atoms with Crippen LogP contribution in [0.4, 0.5) is 0 Å². The van der Waals surface area contributed by atoms with Gasteiger partial charge in [-0.2, -0.15) is 0 Å². The second-order valence-corrected chi connectivity index (χ2v) is 7.79. The van der Waals surface area contributed by atoms with Gasteiger partial charge in [0, 0.05) is 11.3 Å². The molecule has 0 spiro atoms. The predicted molar refractivity (Wildman–Crippen MR) is 124 cm³/mol. The Morgan fingerprint density at radius 3 is 2.58 bits per heavy atom. The molecule has 4 aromatic rings. The molecule has 0 unspecified atom stereocenters. The number of nitrogens with zero attached hydrogens (tertiary/aromatic N) is 3. The van der Waals surface area contributed by atoms with Gasteiger partial charge in [0.25, 0.3) is 0 Å². The normalized spacial score (nSPS) is 10.8. The number of methoxy groups -OCH3 is 2. The van der Waals surface area contributed by atoms with Crippen molar-refractivity contribution in [3.63, 3.8) is 0 Å². The highest BCUT2D eigenvalue weighted by Crippen LogP contribution is 2.32. The molecule has 33 heavy (non-hydrogen) atoms. The SMILES string of the molecule is CCOc1ccc(-n2c(SCc3ccc(C(=O)OC)o3)nnc2-c2cccc(OC)c2)cc1. The molecule has 0 saturated carbocycles. The number of carbonyl (C=O) groups is 1. The predicted octanol–water partition coefficient (Wildman–Crippen LogP) is 5.01. The number of hydrogen-bond donors (Lipinski definition) is 0. The topological polar surface area (TPSA) is 88.6 Å². The molecule has 0 atom stereocenters. The van der Waals surface area contributed by atoms with Gasteiger partial charge in [-0.3, -0.25) is 4.57 Å². The average Bonchev–Trinajstić information content (AvgIpc) is 3.50. The van der Waals surface area contributed by atoms with E-state index in [2.05, 4.69) is 10.2 Å². The molecule has 9 heteroatoms. The minimum Gasteiger partial charge on any atom is -0.497 e. The standard InChI is InChI=1S/C24H23N3O5S/c1-4-31-18-10-8-17(9-11-18)27-22(16-6-5-7-19(14-16)29-2)25-26-24(27)33-15-20-12-13-21(32-20)23(28)30-3/h5-14H,4,15H2,1-3H3. The maximum Gasteiger partial charge on any atom is 0.373 e. The summed E-state index contributed by atoms with van der Waals surface area (Å²) in [5.74, 6) is 2.94. The van der Waals surface area contributed by atoms with E-state index >= 15 is 0 Å². The van der Waals surface area contributed by atoms with Crippen LogP contribution in [0.2, 0.25) is 0 Å². The molecule has 0 aliphatic heterocycles. The van der Waals surface area contributed by atoms with Gasteiger partial charge >= 0.3 is 5.97 Å². The summed E-state index contributed by atoms with van der Waals surface area (Å²) in [6.45, 7) is 2.54. The lowest BCUT2D eigenvalue weighted by Gasteiger charge is -2.12. The van der Waals surface area contributed by atoms with Crippen LogP contribution in [-0.2, 0) is 10.5 Å². The fourth-order valence-electron chi connectivity index (χ4n) is 3.20. The number of aromatic nitrogens is 3. The third kappa shape index (κ3) is 5.04. The van der Waals surface area contributed by atoms with Crippen LogP contribution in [0, 0.1) is 0 Å². The van der Waals surface area contributed by atoms with E-state index in [1.54, 1.807) is 19.2 Å². The zero-order valence-corrected chi connectivity index (χ0v) is 19.3. The van der Waals surface area contributed by atoms with E-state index in [0.717, 1.165) is 22.7 Å². The lowest BCUT2D eigenvalue weighted by molar-refractivity contribution is 0.0563. The van der Waals surface area contributed by atoms with Gasteiger partial charge in [0.2, 0.25) is 5.76 Å². The number of furan rings is 1. The van der Waals surface area contributed by atoms with Crippen molar-refractivity contribution < 1.29 is 23.4 Å². The maximum atomic E-state index is 11.7. The second kappa shape index (κ2) is 10.3. The van der Waals surface area contributed by atoms with Crippen LogP contribution >= 0.6 is 11.8 Å². The molecule has 4 rings (SSSR count). The fraction of sp³-hybridized carbons (Fsp3) is 0.208. The molecule has 0 aliphatic rings. The molecule has 2 aromatic heterocycles. The zero-order valence-electron chi connectivity index (χ0n) is 18.5. The molecule has 0 bridgehead atoms. The van der Waals surface area contributed by atoms with Crippen LogP contribution < -0.4 is 9.47 Å². The number of ether oxygens (including phenoxy) is 3. The summed E-state index contributed by atoms with van der Waals surface area (Å²) in [6.07, 6.45) is 0. The monoisotopic (exact) mass is 465 g/mol. The number of carbonyl (C=O) groups excluding carboxylic acids is 1. The Morgan fingerprint density at radius 2 is 1.85 bits per heavy atom. The highest BCUT2D eigenvalue weighted by Gasteiger charge is 2.18. The number of thioether (sulfide) groups is 1. The fourth-order valence-corrected chi connectivity index (χ4v) is 4.05. The van der Waals surface area contributed by atoms with E-state index in [-0.39, 0.29) is 5.76 Å². The van der Waals surface area contributed by atoms with Gasteiger partial charge in [0.05, 0.1) is 26.6 Å². The molecule has 0 fully saturated rings. The molecule has 8 nitrogen and oxygen atoms in total. The van der Waals surface area contributed by atoms with Gasteiger partial charge in [0.1, 0.15) is 17.3 Å². The van der Waals surface area contributed by atoms with Crippen molar-refractivity contribution in [3.05, 3.63) is 72.2 Å². The van der Waals surface area contributed by atoms with E-state index in [1.807, 2.05) is 60.0 Å². The molecule has 0 amide bonds. The first-order valence-corrected chi connectivity index (χ1v) is 11.2. The number of rotatable bonds is 9. The second-order valence-electron chi connectivity index (χ2n) is 6.85. The van der Waals surface area contributed by atoms with Crippen molar-refractivity contribution in [3.8, 4) is 28.6 Å². The van der Waals surface area contributed by atoms with Crippen molar-refractivity contribution in [2.45, 2.75) is 17.8 Å². The molecule has 0 radical (unpaired) electrons. The number of hydrogen-bond acceptors (Lipinski definition) is 8. The molecule has 2 heterocycles. The summed E-state index contributed by atoms with van der Waals surface area (Å²) in [4.78, 5) is 11.7. The van der Waals surface area contributed by atoms with E-state index in [4.69, 9.17) is 18.6 Å². The summed E-state index contributed by atoms with van der Waals surface area (Å²) in [5.41, 5.74) is 1.76. The van der Waals surface area contributed by atoms with E-state index in [1.165, 1.54) is 18.9 Å². The van der Waals surface area contributed by atoms with Crippen molar-refractivity contribution >= 4 is 17.7 Å². The molecule has 2 aromatic carbocycles. The van der Waals surface area contributed by atoms with Crippen LogP contribution in [0.25, 0.3) is 17.1 Å². The first-order chi connectivity index (χ1) is 16.1. The third-order valence-corrected chi connectivity index (χ3v) is 5.71. The van der Waals surface area contributed by atoms with Crippen LogP contribution in [0.3, 0.4) is 0 Å². The largest absolute Gasteiger partial charge is 0.497 e. The van der Waals surface area contributed by atoms with Crippen LogP contribution in [0.15, 0.2) is 70.2 Å². The van der Waals surface area contributed by atoms with Crippen LogP contribution in [-0.4, -0.2) is 41.6 Å².